The number of para-hydroxylation sites is 1. The highest BCUT2D eigenvalue weighted by molar-refractivity contribution is 5.77. The Bertz CT molecular complexity index is 495. The Balaban J connectivity index is 1.89. The lowest BCUT2D eigenvalue weighted by atomic mass is 9.90. The number of rotatable bonds is 4. The van der Waals surface area contributed by atoms with E-state index in [1.54, 1.807) is 0 Å². The molecule has 2 aromatic rings. The average molecular weight is 259 g/mol. The molecule has 0 amide bonds. The quantitative estimate of drug-likeness (QED) is 0.912. The first-order valence-electron chi connectivity index (χ1n) is 7.18. The smallest absolute Gasteiger partial charge is 0.134 e. The van der Waals surface area contributed by atoms with Crippen LogP contribution in [0.4, 0.5) is 0 Å². The minimum Gasteiger partial charge on any atom is -0.459 e. The summed E-state index contributed by atoms with van der Waals surface area (Å²) in [5.41, 5.74) is 0.979. The molecular weight excluding hydrogens is 238 g/mol. The molecule has 0 radical (unpaired) electrons. The lowest BCUT2D eigenvalue weighted by molar-refractivity contribution is 0.0511. The molecule has 1 atom stereocenters. The first-order valence-corrected chi connectivity index (χ1v) is 7.18. The standard InChI is InChI=1S/C16H21NO2/c1-2-17-16(12-7-9-18-10-8-12)15-11-13-5-3-4-6-14(13)19-15/h3-6,11-12,16-17H,2,7-10H2,1H3. The van der Waals surface area contributed by atoms with E-state index in [0.29, 0.717) is 12.0 Å². The molecule has 3 rings (SSSR count). The third-order valence-corrected chi connectivity index (χ3v) is 3.91. The topological polar surface area (TPSA) is 34.4 Å². The summed E-state index contributed by atoms with van der Waals surface area (Å²) in [4.78, 5) is 0. The average Bonchev–Trinajstić information content (AvgIpc) is 2.89. The van der Waals surface area contributed by atoms with Crippen molar-refractivity contribution >= 4 is 11.0 Å². The highest BCUT2D eigenvalue weighted by Gasteiger charge is 2.27. The van der Waals surface area contributed by atoms with Crippen molar-refractivity contribution in [2.75, 3.05) is 19.8 Å². The highest BCUT2D eigenvalue weighted by atomic mass is 16.5. The van der Waals surface area contributed by atoms with Gasteiger partial charge in [0.05, 0.1) is 6.04 Å². The fraction of sp³-hybridized carbons (Fsp3) is 0.500. The van der Waals surface area contributed by atoms with Gasteiger partial charge in [-0.15, -0.1) is 0 Å². The Morgan fingerprint density at radius 2 is 2.05 bits per heavy atom. The molecule has 2 heterocycles. The van der Waals surface area contributed by atoms with E-state index in [4.69, 9.17) is 9.15 Å². The van der Waals surface area contributed by atoms with Crippen LogP contribution >= 0.6 is 0 Å². The fourth-order valence-electron chi connectivity index (χ4n) is 2.92. The third kappa shape index (κ3) is 2.67. The van der Waals surface area contributed by atoms with Gasteiger partial charge in [-0.1, -0.05) is 25.1 Å². The van der Waals surface area contributed by atoms with Crippen LogP contribution in [0.25, 0.3) is 11.0 Å². The van der Waals surface area contributed by atoms with E-state index in [9.17, 15) is 0 Å². The predicted molar refractivity (Wildman–Crippen MR) is 76.2 cm³/mol. The van der Waals surface area contributed by atoms with Crippen LogP contribution in [-0.4, -0.2) is 19.8 Å². The van der Waals surface area contributed by atoms with Crippen LogP contribution in [0.15, 0.2) is 34.7 Å². The fourth-order valence-corrected chi connectivity index (χ4v) is 2.92. The van der Waals surface area contributed by atoms with E-state index in [1.807, 2.05) is 12.1 Å². The predicted octanol–water partition coefficient (Wildman–Crippen LogP) is 3.51. The number of ether oxygens (including phenoxy) is 1. The first-order chi connectivity index (χ1) is 9.38. The number of nitrogens with one attached hydrogen (secondary N) is 1. The second-order valence-corrected chi connectivity index (χ2v) is 5.17. The normalized spacial score (nSPS) is 18.8. The Labute approximate surface area is 113 Å². The molecule has 3 heteroatoms. The summed E-state index contributed by atoms with van der Waals surface area (Å²) in [6.07, 6.45) is 2.21. The van der Waals surface area contributed by atoms with Crippen molar-refractivity contribution in [3.8, 4) is 0 Å². The second-order valence-electron chi connectivity index (χ2n) is 5.17. The SMILES string of the molecule is CCNC(c1cc2ccccc2o1)C1CCOCC1. The second kappa shape index (κ2) is 5.76. The Kier molecular flexibility index (Phi) is 3.85. The van der Waals surface area contributed by atoms with Crippen LogP contribution in [0.1, 0.15) is 31.6 Å². The van der Waals surface area contributed by atoms with Crippen molar-refractivity contribution in [2.24, 2.45) is 5.92 Å². The lowest BCUT2D eigenvalue weighted by Crippen LogP contribution is -2.31. The van der Waals surface area contributed by atoms with Crippen LogP contribution in [0, 0.1) is 5.92 Å². The molecule has 1 aromatic heterocycles. The van der Waals surface area contributed by atoms with Crippen molar-refractivity contribution in [1.82, 2.24) is 5.32 Å². The zero-order valence-electron chi connectivity index (χ0n) is 11.4. The number of furan rings is 1. The van der Waals surface area contributed by atoms with Crippen LogP contribution in [0.5, 0.6) is 0 Å². The van der Waals surface area contributed by atoms with Gasteiger partial charge in [-0.3, -0.25) is 0 Å². The number of benzene rings is 1. The summed E-state index contributed by atoms with van der Waals surface area (Å²) in [6.45, 7) is 4.84. The molecule has 102 valence electrons. The van der Waals surface area contributed by atoms with E-state index in [2.05, 4.69) is 30.4 Å². The van der Waals surface area contributed by atoms with Crippen LogP contribution in [0.2, 0.25) is 0 Å². The van der Waals surface area contributed by atoms with E-state index < -0.39 is 0 Å². The van der Waals surface area contributed by atoms with Crippen LogP contribution in [-0.2, 0) is 4.74 Å². The number of hydrogen-bond acceptors (Lipinski definition) is 3. The molecule has 0 bridgehead atoms. The Morgan fingerprint density at radius 1 is 1.26 bits per heavy atom. The summed E-state index contributed by atoms with van der Waals surface area (Å²) < 4.78 is 11.5. The maximum atomic E-state index is 6.03. The van der Waals surface area contributed by atoms with Gasteiger partial charge in [0.25, 0.3) is 0 Å². The van der Waals surface area contributed by atoms with Gasteiger partial charge >= 0.3 is 0 Å². The maximum absolute atomic E-state index is 6.03. The van der Waals surface area contributed by atoms with Crippen molar-refractivity contribution < 1.29 is 9.15 Å². The number of fused-ring (bicyclic) bond motifs is 1. The summed E-state index contributed by atoms with van der Waals surface area (Å²) in [6, 6.07) is 10.7. The van der Waals surface area contributed by atoms with E-state index in [-0.39, 0.29) is 0 Å². The maximum Gasteiger partial charge on any atom is 0.134 e. The molecule has 3 nitrogen and oxygen atoms in total. The van der Waals surface area contributed by atoms with Gasteiger partial charge in [0.15, 0.2) is 0 Å². The minimum absolute atomic E-state index is 0.307. The third-order valence-electron chi connectivity index (χ3n) is 3.91. The molecule has 1 fully saturated rings. The zero-order chi connectivity index (χ0) is 13.1. The van der Waals surface area contributed by atoms with E-state index >= 15 is 0 Å². The van der Waals surface area contributed by atoms with E-state index in [1.165, 1.54) is 5.39 Å². The highest BCUT2D eigenvalue weighted by Crippen LogP contribution is 2.33. The molecule has 1 saturated heterocycles. The lowest BCUT2D eigenvalue weighted by Gasteiger charge is -2.29. The molecule has 0 spiro atoms. The van der Waals surface area contributed by atoms with Crippen molar-refractivity contribution in [1.29, 1.82) is 0 Å². The van der Waals surface area contributed by atoms with Gasteiger partial charge in [0.2, 0.25) is 0 Å². The Hall–Kier alpha value is -1.32. The molecule has 1 aliphatic rings. The number of hydrogen-bond donors (Lipinski definition) is 1. The minimum atomic E-state index is 0.307. The first kappa shape index (κ1) is 12.7. The summed E-state index contributed by atoms with van der Waals surface area (Å²) in [5, 5.41) is 4.77. The zero-order valence-corrected chi connectivity index (χ0v) is 11.4. The van der Waals surface area contributed by atoms with Crippen molar-refractivity contribution in [2.45, 2.75) is 25.8 Å². The Morgan fingerprint density at radius 3 is 2.79 bits per heavy atom. The molecule has 1 aromatic carbocycles. The van der Waals surface area contributed by atoms with Gasteiger partial charge in [0, 0.05) is 18.6 Å². The molecular formula is C16H21NO2. The summed E-state index contributed by atoms with van der Waals surface area (Å²) >= 11 is 0. The van der Waals surface area contributed by atoms with Gasteiger partial charge in [-0.25, -0.2) is 0 Å². The van der Waals surface area contributed by atoms with Crippen molar-refractivity contribution in [3.63, 3.8) is 0 Å². The molecule has 19 heavy (non-hydrogen) atoms. The van der Waals surface area contributed by atoms with Gasteiger partial charge in [0.1, 0.15) is 11.3 Å². The van der Waals surface area contributed by atoms with E-state index in [0.717, 1.165) is 43.9 Å². The molecule has 0 saturated carbocycles. The van der Waals surface area contributed by atoms with Gasteiger partial charge < -0.3 is 14.5 Å². The molecule has 0 aliphatic carbocycles. The van der Waals surface area contributed by atoms with Crippen LogP contribution < -0.4 is 5.32 Å². The summed E-state index contributed by atoms with van der Waals surface area (Å²) in [5.74, 6) is 1.67. The molecule has 1 unspecified atom stereocenters. The monoisotopic (exact) mass is 259 g/mol. The van der Waals surface area contributed by atoms with Crippen LogP contribution in [0.3, 0.4) is 0 Å². The molecule has 1 aliphatic heterocycles. The summed E-state index contributed by atoms with van der Waals surface area (Å²) in [7, 11) is 0. The van der Waals surface area contributed by atoms with Crippen molar-refractivity contribution in [3.05, 3.63) is 36.1 Å². The largest absolute Gasteiger partial charge is 0.459 e. The van der Waals surface area contributed by atoms with Gasteiger partial charge in [-0.05, 0) is 37.4 Å². The molecule has 1 N–H and O–H groups in total. The van der Waals surface area contributed by atoms with Gasteiger partial charge in [-0.2, -0.15) is 0 Å².